The summed E-state index contributed by atoms with van der Waals surface area (Å²) in [6, 6.07) is 7.67. The van der Waals surface area contributed by atoms with Crippen molar-refractivity contribution in [1.29, 1.82) is 0 Å². The monoisotopic (exact) mass is 338 g/mol. The molecule has 2 aromatic rings. The zero-order chi connectivity index (χ0) is 17.2. The Bertz CT molecular complexity index is 837. The van der Waals surface area contributed by atoms with Crippen molar-refractivity contribution < 1.29 is 14.3 Å². The van der Waals surface area contributed by atoms with E-state index in [1.165, 1.54) is 6.20 Å². The van der Waals surface area contributed by atoms with Gasteiger partial charge in [-0.3, -0.25) is 9.78 Å². The van der Waals surface area contributed by atoms with E-state index in [0.29, 0.717) is 36.8 Å². The molecule has 0 spiro atoms. The van der Waals surface area contributed by atoms with Gasteiger partial charge in [0, 0.05) is 24.5 Å². The minimum Gasteiger partial charge on any atom is -0.488 e. The molecule has 1 atom stereocenters. The molecule has 7 nitrogen and oxygen atoms in total. The smallest absolute Gasteiger partial charge is 0.253 e. The first kappa shape index (κ1) is 15.6. The first-order valence-electron chi connectivity index (χ1n) is 8.12. The molecule has 1 saturated heterocycles. The molecule has 0 unspecified atom stereocenters. The van der Waals surface area contributed by atoms with Crippen LogP contribution in [0.5, 0.6) is 5.75 Å². The van der Waals surface area contributed by atoms with Crippen LogP contribution in [0.25, 0.3) is 6.08 Å². The van der Waals surface area contributed by atoms with Crippen molar-refractivity contribution in [2.24, 2.45) is 0 Å². The van der Waals surface area contributed by atoms with E-state index in [-0.39, 0.29) is 18.6 Å². The second kappa shape index (κ2) is 6.52. The fourth-order valence-corrected chi connectivity index (χ4v) is 3.05. The third-order valence-corrected chi connectivity index (χ3v) is 4.32. The summed E-state index contributed by atoms with van der Waals surface area (Å²) in [5.41, 5.74) is 8.00. The predicted octanol–water partition coefficient (Wildman–Crippen LogP) is 1.43. The molecule has 1 aromatic heterocycles. The standard InChI is InChI=1S/C18H18N4O3/c19-17-16(20-5-6-21-17)15-10-22(7-8-24-15)18(23)13-9-12-3-1-2-4-14(12)25-11-13/h1-6,9,15H,7-8,10-11H2,(H2,19,21)/t15-/m0/s1. The van der Waals surface area contributed by atoms with Gasteiger partial charge in [0.1, 0.15) is 30.0 Å². The molecule has 3 heterocycles. The number of para-hydroxylation sites is 1. The Labute approximate surface area is 145 Å². The SMILES string of the molecule is Nc1nccnc1[C@@H]1CN(C(=O)C2=Cc3ccccc3OC2)CCO1. The van der Waals surface area contributed by atoms with Gasteiger partial charge in [-0.05, 0) is 12.1 Å². The van der Waals surface area contributed by atoms with Gasteiger partial charge in [0.15, 0.2) is 0 Å². The molecule has 1 aromatic carbocycles. The molecular weight excluding hydrogens is 320 g/mol. The van der Waals surface area contributed by atoms with Crippen molar-refractivity contribution in [1.82, 2.24) is 14.9 Å². The Morgan fingerprint density at radius 1 is 1.24 bits per heavy atom. The van der Waals surface area contributed by atoms with Crippen molar-refractivity contribution in [3.8, 4) is 5.75 Å². The number of aromatic nitrogens is 2. The highest BCUT2D eigenvalue weighted by molar-refractivity contribution is 5.99. The number of nitrogens with two attached hydrogens (primary N) is 1. The number of morpholine rings is 1. The summed E-state index contributed by atoms with van der Waals surface area (Å²) in [4.78, 5) is 22.9. The van der Waals surface area contributed by atoms with E-state index in [4.69, 9.17) is 15.2 Å². The minimum absolute atomic E-state index is 0.0507. The molecule has 4 rings (SSSR count). The van der Waals surface area contributed by atoms with E-state index in [1.807, 2.05) is 30.3 Å². The molecule has 2 aliphatic heterocycles. The van der Waals surface area contributed by atoms with E-state index in [2.05, 4.69) is 9.97 Å². The van der Waals surface area contributed by atoms with Crippen LogP contribution in [0.2, 0.25) is 0 Å². The maximum absolute atomic E-state index is 12.9. The molecule has 0 aliphatic carbocycles. The average molecular weight is 338 g/mol. The zero-order valence-electron chi connectivity index (χ0n) is 13.6. The topological polar surface area (TPSA) is 90.6 Å². The van der Waals surface area contributed by atoms with Crippen LogP contribution in [-0.4, -0.2) is 47.1 Å². The molecule has 0 bridgehead atoms. The molecule has 1 amide bonds. The van der Waals surface area contributed by atoms with Crippen LogP contribution in [0, 0.1) is 0 Å². The third-order valence-electron chi connectivity index (χ3n) is 4.32. The number of nitrogen functional groups attached to an aromatic ring is 1. The molecule has 2 N–H and O–H groups in total. The van der Waals surface area contributed by atoms with Gasteiger partial charge in [-0.15, -0.1) is 0 Å². The average Bonchev–Trinajstić information content (AvgIpc) is 2.67. The van der Waals surface area contributed by atoms with Crippen molar-refractivity contribution in [3.05, 3.63) is 53.5 Å². The van der Waals surface area contributed by atoms with Crippen LogP contribution in [-0.2, 0) is 9.53 Å². The number of anilines is 1. The summed E-state index contributed by atoms with van der Waals surface area (Å²) in [5.74, 6) is 1.08. The van der Waals surface area contributed by atoms with Crippen LogP contribution in [0.1, 0.15) is 17.4 Å². The van der Waals surface area contributed by atoms with Crippen LogP contribution in [0.3, 0.4) is 0 Å². The highest BCUT2D eigenvalue weighted by Gasteiger charge is 2.30. The summed E-state index contributed by atoms with van der Waals surface area (Å²) in [5, 5.41) is 0. The number of fused-ring (bicyclic) bond motifs is 1. The highest BCUT2D eigenvalue weighted by atomic mass is 16.5. The van der Waals surface area contributed by atoms with Crippen LogP contribution < -0.4 is 10.5 Å². The molecule has 7 heteroatoms. The van der Waals surface area contributed by atoms with Gasteiger partial charge in [-0.25, -0.2) is 4.98 Å². The number of benzene rings is 1. The van der Waals surface area contributed by atoms with Gasteiger partial charge in [0.25, 0.3) is 5.91 Å². The van der Waals surface area contributed by atoms with E-state index < -0.39 is 0 Å². The van der Waals surface area contributed by atoms with Crippen LogP contribution >= 0.6 is 0 Å². The van der Waals surface area contributed by atoms with Crippen molar-refractivity contribution >= 4 is 17.8 Å². The largest absolute Gasteiger partial charge is 0.488 e. The number of amides is 1. The van der Waals surface area contributed by atoms with Crippen LogP contribution in [0.15, 0.2) is 42.2 Å². The molecular formula is C18H18N4O3. The summed E-state index contributed by atoms with van der Waals surface area (Å²) in [6.07, 6.45) is 4.63. The number of carbonyl (C=O) groups is 1. The Morgan fingerprint density at radius 3 is 2.96 bits per heavy atom. The molecule has 25 heavy (non-hydrogen) atoms. The molecule has 2 aliphatic rings. The van der Waals surface area contributed by atoms with Gasteiger partial charge < -0.3 is 20.1 Å². The maximum Gasteiger partial charge on any atom is 0.253 e. The molecule has 1 fully saturated rings. The lowest BCUT2D eigenvalue weighted by Crippen LogP contribution is -2.44. The Balaban J connectivity index is 1.53. The van der Waals surface area contributed by atoms with Gasteiger partial charge in [-0.1, -0.05) is 18.2 Å². The molecule has 0 radical (unpaired) electrons. The van der Waals surface area contributed by atoms with Crippen molar-refractivity contribution in [2.75, 3.05) is 32.0 Å². The van der Waals surface area contributed by atoms with E-state index in [1.54, 1.807) is 11.1 Å². The summed E-state index contributed by atoms with van der Waals surface area (Å²) in [6.45, 7) is 1.61. The van der Waals surface area contributed by atoms with E-state index in [0.717, 1.165) is 11.3 Å². The maximum atomic E-state index is 12.9. The predicted molar refractivity (Wildman–Crippen MR) is 91.6 cm³/mol. The number of hydrogen-bond donors (Lipinski definition) is 1. The number of hydrogen-bond acceptors (Lipinski definition) is 6. The second-order valence-electron chi connectivity index (χ2n) is 5.93. The Hall–Kier alpha value is -2.93. The van der Waals surface area contributed by atoms with Gasteiger partial charge in [-0.2, -0.15) is 0 Å². The van der Waals surface area contributed by atoms with Gasteiger partial charge >= 0.3 is 0 Å². The van der Waals surface area contributed by atoms with Gasteiger partial charge in [0.05, 0.1) is 18.7 Å². The lowest BCUT2D eigenvalue weighted by Gasteiger charge is -2.33. The molecule has 0 saturated carbocycles. The van der Waals surface area contributed by atoms with Gasteiger partial charge in [0.2, 0.25) is 0 Å². The minimum atomic E-state index is -0.371. The van der Waals surface area contributed by atoms with Crippen LogP contribution in [0.4, 0.5) is 5.82 Å². The summed E-state index contributed by atoms with van der Waals surface area (Å²) < 4.78 is 11.4. The summed E-state index contributed by atoms with van der Waals surface area (Å²) >= 11 is 0. The highest BCUT2D eigenvalue weighted by Crippen LogP contribution is 2.28. The Kier molecular flexibility index (Phi) is 4.07. The second-order valence-corrected chi connectivity index (χ2v) is 5.93. The van der Waals surface area contributed by atoms with Crippen molar-refractivity contribution in [2.45, 2.75) is 6.10 Å². The first-order valence-corrected chi connectivity index (χ1v) is 8.12. The summed E-state index contributed by atoms with van der Waals surface area (Å²) in [7, 11) is 0. The number of rotatable bonds is 2. The van der Waals surface area contributed by atoms with E-state index >= 15 is 0 Å². The number of nitrogens with zero attached hydrogens (tertiary/aromatic N) is 3. The first-order chi connectivity index (χ1) is 12.2. The lowest BCUT2D eigenvalue weighted by molar-refractivity contribution is -0.135. The normalized spacial score (nSPS) is 19.6. The fraction of sp³-hybridized carbons (Fsp3) is 0.278. The quantitative estimate of drug-likeness (QED) is 0.891. The fourth-order valence-electron chi connectivity index (χ4n) is 3.05. The lowest BCUT2D eigenvalue weighted by atomic mass is 10.1. The Morgan fingerprint density at radius 2 is 2.08 bits per heavy atom. The number of ether oxygens (including phenoxy) is 2. The van der Waals surface area contributed by atoms with Crippen molar-refractivity contribution in [3.63, 3.8) is 0 Å². The number of carbonyl (C=O) groups excluding carboxylic acids is 1. The third kappa shape index (κ3) is 3.06. The zero-order valence-corrected chi connectivity index (χ0v) is 13.6. The molecule has 128 valence electrons. The van der Waals surface area contributed by atoms with E-state index in [9.17, 15) is 4.79 Å².